The molecule has 1 saturated carbocycles. The number of rotatable bonds is 4. The van der Waals surface area contributed by atoms with Crippen LogP contribution in [0.4, 0.5) is 4.79 Å². The maximum absolute atomic E-state index is 12.3. The highest BCUT2D eigenvalue weighted by Gasteiger charge is 2.33. The van der Waals surface area contributed by atoms with Crippen molar-refractivity contribution >= 4 is 6.03 Å². The maximum atomic E-state index is 12.3. The van der Waals surface area contributed by atoms with Gasteiger partial charge in [-0.25, -0.2) is 4.79 Å². The molecule has 0 aliphatic heterocycles. The van der Waals surface area contributed by atoms with Crippen molar-refractivity contribution in [2.75, 3.05) is 20.1 Å². The second-order valence-corrected chi connectivity index (χ2v) is 8.26. The predicted molar refractivity (Wildman–Crippen MR) is 96.2 cm³/mol. The van der Waals surface area contributed by atoms with E-state index < -0.39 is 0 Å². The Kier molecular flexibility index (Phi) is 4.86. The quantitative estimate of drug-likeness (QED) is 0.890. The minimum Gasteiger partial charge on any atom is -0.393 e. The number of nitrogens with zero attached hydrogens (tertiary/aromatic N) is 1. The summed E-state index contributed by atoms with van der Waals surface area (Å²) >= 11 is 0. The Morgan fingerprint density at radius 1 is 1.33 bits per heavy atom. The van der Waals surface area contributed by atoms with Gasteiger partial charge in [-0.1, -0.05) is 38.1 Å². The molecule has 0 radical (unpaired) electrons. The van der Waals surface area contributed by atoms with E-state index in [-0.39, 0.29) is 17.6 Å². The lowest BCUT2D eigenvalue weighted by Crippen LogP contribution is -2.45. The van der Waals surface area contributed by atoms with Crippen molar-refractivity contribution in [3.63, 3.8) is 0 Å². The van der Waals surface area contributed by atoms with Crippen LogP contribution in [0.15, 0.2) is 24.3 Å². The Balaban J connectivity index is 1.56. The normalized spacial score (nSPS) is 27.8. The summed E-state index contributed by atoms with van der Waals surface area (Å²) in [6, 6.07) is 8.66. The molecule has 2 aliphatic rings. The SMILES string of the molecule is CN(CC1CC(O)C1)C(=O)NCC1CCC(C)(C)c2ccccc21. The molecule has 2 amide bonds. The van der Waals surface area contributed by atoms with Crippen molar-refractivity contribution < 1.29 is 9.90 Å². The minimum absolute atomic E-state index is 0.00120. The molecule has 4 heteroatoms. The molecule has 4 nitrogen and oxygen atoms in total. The zero-order valence-electron chi connectivity index (χ0n) is 15.1. The number of hydrogen-bond donors (Lipinski definition) is 2. The molecule has 1 fully saturated rings. The van der Waals surface area contributed by atoms with Crippen LogP contribution >= 0.6 is 0 Å². The first-order valence-electron chi connectivity index (χ1n) is 9.13. The van der Waals surface area contributed by atoms with E-state index in [0.717, 1.165) is 32.2 Å². The van der Waals surface area contributed by atoms with Gasteiger partial charge in [-0.2, -0.15) is 0 Å². The Labute approximate surface area is 145 Å². The number of hydrogen-bond acceptors (Lipinski definition) is 2. The van der Waals surface area contributed by atoms with Crippen LogP contribution in [0.25, 0.3) is 0 Å². The molecule has 0 bridgehead atoms. The molecule has 1 aromatic carbocycles. The van der Waals surface area contributed by atoms with E-state index in [4.69, 9.17) is 0 Å². The third kappa shape index (κ3) is 3.59. The van der Waals surface area contributed by atoms with Gasteiger partial charge in [0.05, 0.1) is 6.10 Å². The maximum Gasteiger partial charge on any atom is 0.317 e. The van der Waals surface area contributed by atoms with E-state index in [1.807, 2.05) is 7.05 Å². The molecule has 0 heterocycles. The monoisotopic (exact) mass is 330 g/mol. The number of fused-ring (bicyclic) bond motifs is 1. The highest BCUT2D eigenvalue weighted by molar-refractivity contribution is 5.74. The van der Waals surface area contributed by atoms with Crippen molar-refractivity contribution in [1.82, 2.24) is 10.2 Å². The number of urea groups is 1. The predicted octanol–water partition coefficient (Wildman–Crippen LogP) is 3.25. The summed E-state index contributed by atoms with van der Waals surface area (Å²) in [7, 11) is 1.85. The van der Waals surface area contributed by atoms with Crippen LogP contribution in [0, 0.1) is 5.92 Å². The molecule has 0 aromatic heterocycles. The van der Waals surface area contributed by atoms with Crippen LogP contribution in [-0.4, -0.2) is 42.3 Å². The lowest BCUT2D eigenvalue weighted by molar-refractivity contribution is 0.0325. The smallest absolute Gasteiger partial charge is 0.317 e. The number of carbonyl (C=O) groups excluding carboxylic acids is 1. The summed E-state index contributed by atoms with van der Waals surface area (Å²) in [5.41, 5.74) is 3.03. The van der Waals surface area contributed by atoms with Gasteiger partial charge < -0.3 is 15.3 Å². The van der Waals surface area contributed by atoms with Gasteiger partial charge in [-0.05, 0) is 48.1 Å². The zero-order valence-corrected chi connectivity index (χ0v) is 15.1. The van der Waals surface area contributed by atoms with Crippen molar-refractivity contribution in [2.45, 2.75) is 57.0 Å². The third-order valence-corrected chi connectivity index (χ3v) is 5.84. The fraction of sp³-hybridized carbons (Fsp3) is 0.650. The number of carbonyl (C=O) groups is 1. The van der Waals surface area contributed by atoms with Crippen molar-refractivity contribution in [3.05, 3.63) is 35.4 Å². The van der Waals surface area contributed by atoms with Gasteiger partial charge >= 0.3 is 6.03 Å². The first-order chi connectivity index (χ1) is 11.4. The second kappa shape index (κ2) is 6.75. The highest BCUT2D eigenvalue weighted by Crippen LogP contribution is 2.42. The molecule has 1 unspecified atom stereocenters. The van der Waals surface area contributed by atoms with E-state index >= 15 is 0 Å². The Morgan fingerprint density at radius 3 is 2.75 bits per heavy atom. The molecule has 1 aromatic rings. The highest BCUT2D eigenvalue weighted by atomic mass is 16.3. The van der Waals surface area contributed by atoms with Crippen LogP contribution in [0.3, 0.4) is 0 Å². The fourth-order valence-corrected chi connectivity index (χ4v) is 4.17. The summed E-state index contributed by atoms with van der Waals surface area (Å²) in [4.78, 5) is 14.1. The number of amides is 2. The van der Waals surface area contributed by atoms with Crippen molar-refractivity contribution in [1.29, 1.82) is 0 Å². The lowest BCUT2D eigenvalue weighted by Gasteiger charge is -2.37. The summed E-state index contributed by atoms with van der Waals surface area (Å²) in [5, 5.41) is 12.5. The Hall–Kier alpha value is -1.55. The lowest BCUT2D eigenvalue weighted by atomic mass is 9.69. The number of aliphatic hydroxyl groups is 1. The van der Waals surface area contributed by atoms with Crippen LogP contribution < -0.4 is 5.32 Å². The van der Waals surface area contributed by atoms with E-state index in [2.05, 4.69) is 43.4 Å². The molecule has 24 heavy (non-hydrogen) atoms. The molecule has 1 atom stereocenters. The van der Waals surface area contributed by atoms with Gasteiger partial charge in [0.1, 0.15) is 0 Å². The van der Waals surface area contributed by atoms with Crippen molar-refractivity contribution in [3.8, 4) is 0 Å². The van der Waals surface area contributed by atoms with Gasteiger partial charge in [0.25, 0.3) is 0 Å². The number of aliphatic hydroxyl groups excluding tert-OH is 1. The van der Waals surface area contributed by atoms with E-state index in [9.17, 15) is 9.90 Å². The molecule has 0 saturated heterocycles. The van der Waals surface area contributed by atoms with Crippen LogP contribution in [0.5, 0.6) is 0 Å². The van der Waals surface area contributed by atoms with E-state index in [0.29, 0.717) is 18.4 Å². The largest absolute Gasteiger partial charge is 0.393 e. The first-order valence-corrected chi connectivity index (χ1v) is 9.13. The van der Waals surface area contributed by atoms with Gasteiger partial charge in [0.15, 0.2) is 0 Å². The minimum atomic E-state index is -0.159. The molecular formula is C20H30N2O2. The van der Waals surface area contributed by atoms with Gasteiger partial charge in [0.2, 0.25) is 0 Å². The number of nitrogens with one attached hydrogen (secondary N) is 1. The molecular weight excluding hydrogens is 300 g/mol. The molecule has 132 valence electrons. The van der Waals surface area contributed by atoms with Gasteiger partial charge in [-0.3, -0.25) is 0 Å². The summed E-state index contributed by atoms with van der Waals surface area (Å²) in [6.45, 7) is 6.05. The zero-order chi connectivity index (χ0) is 17.3. The molecule has 2 aliphatic carbocycles. The summed E-state index contributed by atoms with van der Waals surface area (Å²) in [5.74, 6) is 0.851. The summed E-state index contributed by atoms with van der Waals surface area (Å²) in [6.07, 6.45) is 3.75. The Morgan fingerprint density at radius 2 is 2.04 bits per heavy atom. The van der Waals surface area contributed by atoms with E-state index in [1.54, 1.807) is 4.90 Å². The third-order valence-electron chi connectivity index (χ3n) is 5.84. The van der Waals surface area contributed by atoms with Gasteiger partial charge in [-0.15, -0.1) is 0 Å². The Bertz CT molecular complexity index is 593. The topological polar surface area (TPSA) is 52.6 Å². The molecule has 3 rings (SSSR count). The molecule has 0 spiro atoms. The standard InChI is InChI=1S/C20H30N2O2/c1-20(2)9-8-15(17-6-4-5-7-18(17)20)12-21-19(24)22(3)13-14-10-16(23)11-14/h4-7,14-16,23H,8-13H2,1-3H3,(H,21,24). The molecule has 2 N–H and O–H groups in total. The summed E-state index contributed by atoms with van der Waals surface area (Å²) < 4.78 is 0. The van der Waals surface area contributed by atoms with Crippen LogP contribution in [0.2, 0.25) is 0 Å². The van der Waals surface area contributed by atoms with Crippen LogP contribution in [0.1, 0.15) is 56.6 Å². The second-order valence-electron chi connectivity index (χ2n) is 8.26. The van der Waals surface area contributed by atoms with Gasteiger partial charge in [0, 0.05) is 26.1 Å². The first kappa shape index (κ1) is 17.3. The average molecular weight is 330 g/mol. The fourth-order valence-electron chi connectivity index (χ4n) is 4.17. The average Bonchev–Trinajstić information content (AvgIpc) is 2.52. The number of benzene rings is 1. The van der Waals surface area contributed by atoms with E-state index in [1.165, 1.54) is 11.1 Å². The van der Waals surface area contributed by atoms with Crippen molar-refractivity contribution in [2.24, 2.45) is 5.92 Å². The van der Waals surface area contributed by atoms with Crippen LogP contribution in [-0.2, 0) is 5.41 Å².